The lowest BCUT2D eigenvalue weighted by molar-refractivity contribution is -0.142. The molecule has 0 saturated heterocycles. The number of rotatable bonds is 3. The fourth-order valence-electron chi connectivity index (χ4n) is 2.81. The van der Waals surface area contributed by atoms with Gasteiger partial charge in [-0.1, -0.05) is 6.42 Å². The van der Waals surface area contributed by atoms with Gasteiger partial charge >= 0.3 is 5.97 Å². The number of nitrogens with one attached hydrogen (secondary N) is 1. The lowest BCUT2D eigenvalue weighted by Crippen LogP contribution is -2.34. The van der Waals surface area contributed by atoms with Crippen molar-refractivity contribution in [1.29, 1.82) is 0 Å². The van der Waals surface area contributed by atoms with Gasteiger partial charge in [0.1, 0.15) is 0 Å². The largest absolute Gasteiger partial charge is 0.481 e. The second kappa shape index (κ2) is 6.39. The Morgan fingerprint density at radius 1 is 1.25 bits per heavy atom. The van der Waals surface area contributed by atoms with Crippen molar-refractivity contribution in [3.8, 4) is 0 Å². The molecule has 2 N–H and O–H groups in total. The summed E-state index contributed by atoms with van der Waals surface area (Å²) in [4.78, 5) is 25.5. The van der Waals surface area contributed by atoms with Gasteiger partial charge in [0, 0.05) is 15.8 Å². The number of carbonyl (C=O) groups excluding carboxylic acids is 1. The highest BCUT2D eigenvalue weighted by Gasteiger charge is 2.25. The molecule has 5 heteroatoms. The zero-order chi connectivity index (χ0) is 14.7. The molecule has 0 aromatic carbocycles. The first kappa shape index (κ1) is 15.0. The number of amides is 1. The molecule has 0 bridgehead atoms. The minimum absolute atomic E-state index is 0.0226. The highest BCUT2D eigenvalue weighted by Crippen LogP contribution is 2.25. The van der Waals surface area contributed by atoms with Crippen molar-refractivity contribution in [3.63, 3.8) is 0 Å². The second-order valence-electron chi connectivity index (χ2n) is 5.54. The molecule has 1 aliphatic carbocycles. The van der Waals surface area contributed by atoms with E-state index in [4.69, 9.17) is 5.11 Å². The normalized spacial score (nSPS) is 23.1. The summed E-state index contributed by atoms with van der Waals surface area (Å²) in [6.07, 6.45) is 3.87. The van der Waals surface area contributed by atoms with Gasteiger partial charge < -0.3 is 10.4 Å². The van der Waals surface area contributed by atoms with Crippen LogP contribution in [0.25, 0.3) is 0 Å². The predicted octanol–water partition coefficient (Wildman–Crippen LogP) is 3.13. The second-order valence-corrected chi connectivity index (χ2v) is 7.00. The number of carbonyl (C=O) groups is 2. The number of hydrogen-bond donors (Lipinski definition) is 2. The molecule has 1 aromatic rings. The van der Waals surface area contributed by atoms with E-state index in [1.54, 1.807) is 11.3 Å². The molecule has 1 aliphatic rings. The van der Waals surface area contributed by atoms with Gasteiger partial charge in [0.2, 0.25) is 0 Å². The van der Waals surface area contributed by atoms with Crippen LogP contribution in [0.15, 0.2) is 6.07 Å². The lowest BCUT2D eigenvalue weighted by Gasteiger charge is -2.16. The minimum atomic E-state index is -0.707. The number of aliphatic carboxylic acids is 1. The van der Waals surface area contributed by atoms with Crippen LogP contribution in [0.2, 0.25) is 0 Å². The molecular weight excluding hydrogens is 274 g/mol. The van der Waals surface area contributed by atoms with Crippen LogP contribution in [0, 0.1) is 19.8 Å². The Bertz CT molecular complexity index is 509. The third-order valence-corrected chi connectivity index (χ3v) is 4.90. The fraction of sp³-hybridized carbons (Fsp3) is 0.600. The molecule has 20 heavy (non-hydrogen) atoms. The van der Waals surface area contributed by atoms with Gasteiger partial charge in [0.15, 0.2) is 0 Å². The summed E-state index contributed by atoms with van der Waals surface area (Å²) in [6, 6.07) is 2.03. The Balaban J connectivity index is 1.95. The summed E-state index contributed by atoms with van der Waals surface area (Å²) in [6.45, 7) is 3.96. The number of hydrogen-bond acceptors (Lipinski definition) is 3. The van der Waals surface area contributed by atoms with E-state index >= 15 is 0 Å². The zero-order valence-electron chi connectivity index (χ0n) is 11.9. The Morgan fingerprint density at radius 3 is 2.60 bits per heavy atom. The van der Waals surface area contributed by atoms with Crippen molar-refractivity contribution in [2.45, 2.75) is 52.0 Å². The maximum Gasteiger partial charge on any atom is 0.306 e. The van der Waals surface area contributed by atoms with Crippen LogP contribution in [0.3, 0.4) is 0 Å². The van der Waals surface area contributed by atoms with E-state index in [1.165, 1.54) is 0 Å². The monoisotopic (exact) mass is 295 g/mol. The highest BCUT2D eigenvalue weighted by molar-refractivity contribution is 7.12. The van der Waals surface area contributed by atoms with Crippen molar-refractivity contribution >= 4 is 23.2 Å². The van der Waals surface area contributed by atoms with Gasteiger partial charge in [-0.05, 0) is 45.6 Å². The van der Waals surface area contributed by atoms with Crippen LogP contribution in [0.4, 0.5) is 0 Å². The van der Waals surface area contributed by atoms with E-state index in [0.717, 1.165) is 41.0 Å². The van der Waals surface area contributed by atoms with Crippen molar-refractivity contribution in [1.82, 2.24) is 5.32 Å². The summed E-state index contributed by atoms with van der Waals surface area (Å²) in [5, 5.41) is 12.1. The average molecular weight is 295 g/mol. The molecule has 4 nitrogen and oxygen atoms in total. The Hall–Kier alpha value is -1.36. The number of aryl methyl sites for hydroxylation is 2. The van der Waals surface area contributed by atoms with E-state index in [0.29, 0.717) is 6.42 Å². The maximum absolute atomic E-state index is 12.3. The summed E-state index contributed by atoms with van der Waals surface area (Å²) < 4.78 is 0. The maximum atomic E-state index is 12.3. The summed E-state index contributed by atoms with van der Waals surface area (Å²) >= 11 is 1.63. The minimum Gasteiger partial charge on any atom is -0.481 e. The van der Waals surface area contributed by atoms with E-state index in [2.05, 4.69) is 5.32 Å². The van der Waals surface area contributed by atoms with Crippen LogP contribution in [0.1, 0.15) is 52.2 Å². The van der Waals surface area contributed by atoms with E-state index < -0.39 is 5.97 Å². The van der Waals surface area contributed by atoms with Gasteiger partial charge in [-0.2, -0.15) is 0 Å². The SMILES string of the molecule is Cc1cc(C(=O)NC2CCCC(C(=O)O)CC2)c(C)s1. The van der Waals surface area contributed by atoms with Crippen LogP contribution in [0.5, 0.6) is 0 Å². The van der Waals surface area contributed by atoms with Crippen molar-refractivity contribution in [2.75, 3.05) is 0 Å². The molecule has 1 heterocycles. The van der Waals surface area contributed by atoms with Crippen LogP contribution < -0.4 is 5.32 Å². The molecule has 0 spiro atoms. The van der Waals surface area contributed by atoms with Gasteiger partial charge in [-0.15, -0.1) is 11.3 Å². The quantitative estimate of drug-likeness (QED) is 0.842. The smallest absolute Gasteiger partial charge is 0.306 e. The van der Waals surface area contributed by atoms with Gasteiger partial charge in [-0.3, -0.25) is 9.59 Å². The summed E-state index contributed by atoms with van der Waals surface area (Å²) in [5.74, 6) is -0.978. The first-order valence-corrected chi connectivity index (χ1v) is 7.89. The number of thiophene rings is 1. The highest BCUT2D eigenvalue weighted by atomic mass is 32.1. The molecule has 110 valence electrons. The molecule has 2 atom stereocenters. The molecule has 0 radical (unpaired) electrons. The predicted molar refractivity (Wildman–Crippen MR) is 79.3 cm³/mol. The van der Waals surface area contributed by atoms with Gasteiger partial charge in [0.05, 0.1) is 11.5 Å². The van der Waals surface area contributed by atoms with Crippen LogP contribution >= 0.6 is 11.3 Å². The van der Waals surface area contributed by atoms with E-state index in [1.807, 2.05) is 19.9 Å². The van der Waals surface area contributed by atoms with E-state index in [-0.39, 0.29) is 17.9 Å². The van der Waals surface area contributed by atoms with Gasteiger partial charge in [0.25, 0.3) is 5.91 Å². The average Bonchev–Trinajstić information content (AvgIpc) is 2.60. The van der Waals surface area contributed by atoms with Crippen molar-refractivity contribution in [3.05, 3.63) is 21.4 Å². The third kappa shape index (κ3) is 3.60. The molecule has 2 unspecified atom stereocenters. The summed E-state index contributed by atoms with van der Waals surface area (Å²) in [5.41, 5.74) is 0.756. The third-order valence-electron chi connectivity index (χ3n) is 3.94. The van der Waals surface area contributed by atoms with Crippen LogP contribution in [-0.2, 0) is 4.79 Å². The van der Waals surface area contributed by atoms with Crippen molar-refractivity contribution < 1.29 is 14.7 Å². The first-order valence-electron chi connectivity index (χ1n) is 7.08. The van der Waals surface area contributed by atoms with Crippen molar-refractivity contribution in [2.24, 2.45) is 5.92 Å². The fourth-order valence-corrected chi connectivity index (χ4v) is 3.73. The first-order chi connectivity index (χ1) is 9.47. The Kier molecular flexibility index (Phi) is 4.81. The Morgan fingerprint density at radius 2 is 2.00 bits per heavy atom. The molecule has 1 fully saturated rings. The van der Waals surface area contributed by atoms with Crippen LogP contribution in [-0.4, -0.2) is 23.0 Å². The number of carboxylic acids is 1. The van der Waals surface area contributed by atoms with E-state index in [9.17, 15) is 9.59 Å². The molecule has 1 amide bonds. The molecular formula is C15H21NO3S. The molecule has 1 aromatic heterocycles. The lowest BCUT2D eigenvalue weighted by atomic mass is 10.0. The summed E-state index contributed by atoms with van der Waals surface area (Å²) in [7, 11) is 0. The zero-order valence-corrected chi connectivity index (χ0v) is 12.8. The molecule has 2 rings (SSSR count). The molecule has 0 aliphatic heterocycles. The van der Waals surface area contributed by atoms with Gasteiger partial charge in [-0.25, -0.2) is 0 Å². The Labute approximate surface area is 123 Å². The standard InChI is InChI=1S/C15H21NO3S/c1-9-8-13(10(2)20-9)14(17)16-12-5-3-4-11(6-7-12)15(18)19/h8,11-12H,3-7H2,1-2H3,(H,16,17)(H,18,19). The number of carboxylic acid groups (broad SMARTS) is 1. The molecule has 1 saturated carbocycles. The topological polar surface area (TPSA) is 66.4 Å².